The largest absolute Gasteiger partial charge is 0.472 e. The molecule has 0 bridgehead atoms. The average molecular weight is 1260 g/mol. The Balaban J connectivity index is 5.24. The predicted octanol–water partition coefficient (Wildman–Crippen LogP) is 18.6. The molecule has 0 aliphatic heterocycles. The minimum atomic E-state index is -4.95. The summed E-state index contributed by atoms with van der Waals surface area (Å²) < 4.78 is 68.1. The van der Waals surface area contributed by atoms with Crippen molar-refractivity contribution in [3.05, 3.63) is 0 Å². The van der Waals surface area contributed by atoms with E-state index in [1.165, 1.54) is 161 Å². The van der Waals surface area contributed by atoms with Gasteiger partial charge in [-0.3, -0.25) is 37.3 Å². The molecule has 0 saturated carbocycles. The first-order valence-corrected chi connectivity index (χ1v) is 37.7. The number of phosphoric acid groups is 2. The molecule has 0 aromatic heterocycles. The van der Waals surface area contributed by atoms with Crippen molar-refractivity contribution >= 4 is 39.5 Å². The number of carbonyl (C=O) groups excluding carboxylic acids is 4. The van der Waals surface area contributed by atoms with Crippen molar-refractivity contribution in [3.63, 3.8) is 0 Å². The average Bonchev–Trinajstić information content (AvgIpc) is 3.56. The number of ether oxygens (including phenoxy) is 4. The van der Waals surface area contributed by atoms with Crippen LogP contribution in [0.4, 0.5) is 0 Å². The second-order valence-electron chi connectivity index (χ2n) is 24.1. The number of carbonyl (C=O) groups is 4. The standard InChI is InChI=1S/C66H128O17P2/c1-6-10-13-16-19-22-24-26-28-31-34-40-45-50-64(69)77-55-61(82-65(70)51-46-41-35-32-29-27-25-23-20-17-14-11-7-2)57-80-84(72,73)78-53-60(67)54-79-85(74,75)81-58-62(56-76-63(68)49-44-39-33-30-21-18-15-12-8-3)83-66(71)52-47-42-37-36-38-43-48-59(5)9-4/h59-62,67H,6-58H2,1-5H3,(H,72,73)(H,74,75)/t59?,60-,61-,62-/m1/s1. The van der Waals surface area contributed by atoms with Gasteiger partial charge >= 0.3 is 39.5 Å². The summed E-state index contributed by atoms with van der Waals surface area (Å²) in [6.07, 6.45) is 44.4. The van der Waals surface area contributed by atoms with E-state index >= 15 is 0 Å². The monoisotopic (exact) mass is 1250 g/mol. The lowest BCUT2D eigenvalue weighted by atomic mass is 10.00. The molecule has 0 aromatic rings. The van der Waals surface area contributed by atoms with Gasteiger partial charge in [-0.25, -0.2) is 9.13 Å². The molecule has 0 radical (unpaired) electrons. The third kappa shape index (κ3) is 59.5. The highest BCUT2D eigenvalue weighted by Gasteiger charge is 2.30. The molecular formula is C66H128O17P2. The first kappa shape index (κ1) is 83.1. The maximum atomic E-state index is 13.0. The molecule has 0 aromatic carbocycles. The molecule has 0 rings (SSSR count). The van der Waals surface area contributed by atoms with Crippen LogP contribution < -0.4 is 0 Å². The number of hydrogen-bond donors (Lipinski definition) is 3. The van der Waals surface area contributed by atoms with Crippen LogP contribution in [0.3, 0.4) is 0 Å². The molecule has 0 spiro atoms. The van der Waals surface area contributed by atoms with Crippen LogP contribution >= 0.6 is 15.6 Å². The van der Waals surface area contributed by atoms with Gasteiger partial charge in [0.15, 0.2) is 12.2 Å². The Hall–Kier alpha value is -1.94. The first-order chi connectivity index (χ1) is 41.1. The van der Waals surface area contributed by atoms with Gasteiger partial charge in [-0.15, -0.1) is 0 Å². The molecule has 0 fully saturated rings. The summed E-state index contributed by atoms with van der Waals surface area (Å²) in [4.78, 5) is 72.3. The minimum Gasteiger partial charge on any atom is -0.462 e. The van der Waals surface area contributed by atoms with E-state index in [-0.39, 0.29) is 25.7 Å². The van der Waals surface area contributed by atoms with Crippen molar-refractivity contribution in [3.8, 4) is 0 Å². The molecule has 6 atom stereocenters. The number of esters is 4. The molecule has 19 heteroatoms. The van der Waals surface area contributed by atoms with Crippen LogP contribution in [0, 0.1) is 5.92 Å². The van der Waals surface area contributed by atoms with Crippen LogP contribution in [0.15, 0.2) is 0 Å². The zero-order valence-corrected chi connectivity index (χ0v) is 56.5. The topological polar surface area (TPSA) is 237 Å². The molecule has 504 valence electrons. The van der Waals surface area contributed by atoms with Crippen LogP contribution in [0.25, 0.3) is 0 Å². The van der Waals surface area contributed by atoms with E-state index in [0.29, 0.717) is 25.7 Å². The van der Waals surface area contributed by atoms with Crippen LogP contribution in [-0.2, 0) is 65.4 Å². The van der Waals surface area contributed by atoms with E-state index in [1.54, 1.807) is 0 Å². The van der Waals surface area contributed by atoms with Crippen molar-refractivity contribution < 1.29 is 80.2 Å². The SMILES string of the molecule is CCCCCCCCCCCCCCCC(=O)OC[C@H](COP(=O)(O)OC[C@@H](O)COP(=O)(O)OC[C@@H](COC(=O)CCCCCCCCCCC)OC(=O)CCCCCCCCC(C)CC)OC(=O)CCCCCCCCCCCCCCC. The summed E-state index contributed by atoms with van der Waals surface area (Å²) in [5, 5.41) is 10.5. The fourth-order valence-corrected chi connectivity index (χ4v) is 11.5. The van der Waals surface area contributed by atoms with Gasteiger partial charge < -0.3 is 33.8 Å². The van der Waals surface area contributed by atoms with E-state index in [1.807, 2.05) is 0 Å². The summed E-state index contributed by atoms with van der Waals surface area (Å²) in [7, 11) is -9.89. The Morgan fingerprint density at radius 2 is 0.565 bits per heavy atom. The molecule has 3 N–H and O–H groups in total. The Morgan fingerprint density at radius 3 is 0.835 bits per heavy atom. The van der Waals surface area contributed by atoms with Crippen molar-refractivity contribution in [2.24, 2.45) is 5.92 Å². The summed E-state index contributed by atoms with van der Waals surface area (Å²) in [6, 6.07) is 0. The van der Waals surface area contributed by atoms with Gasteiger partial charge in [0.25, 0.3) is 0 Å². The number of phosphoric ester groups is 2. The fourth-order valence-electron chi connectivity index (χ4n) is 9.90. The quantitative estimate of drug-likeness (QED) is 0.0222. The van der Waals surface area contributed by atoms with Crippen LogP contribution in [0.2, 0.25) is 0 Å². The van der Waals surface area contributed by atoms with Crippen molar-refractivity contribution in [1.82, 2.24) is 0 Å². The van der Waals surface area contributed by atoms with Crippen molar-refractivity contribution in [2.75, 3.05) is 39.6 Å². The van der Waals surface area contributed by atoms with Crippen LogP contribution in [0.1, 0.15) is 336 Å². The zero-order chi connectivity index (χ0) is 62.8. The Labute approximate surface area is 517 Å². The maximum absolute atomic E-state index is 13.0. The lowest BCUT2D eigenvalue weighted by Crippen LogP contribution is -2.30. The zero-order valence-electron chi connectivity index (χ0n) is 54.7. The molecule has 3 unspecified atom stereocenters. The number of aliphatic hydroxyl groups excluding tert-OH is 1. The second kappa shape index (κ2) is 59.7. The second-order valence-corrected chi connectivity index (χ2v) is 27.0. The molecular weight excluding hydrogens is 1130 g/mol. The van der Waals surface area contributed by atoms with Gasteiger partial charge in [0.2, 0.25) is 0 Å². The highest BCUT2D eigenvalue weighted by Crippen LogP contribution is 2.45. The Kier molecular flexibility index (Phi) is 58.3. The lowest BCUT2D eigenvalue weighted by Gasteiger charge is -2.21. The van der Waals surface area contributed by atoms with E-state index in [4.69, 9.17) is 37.0 Å². The maximum Gasteiger partial charge on any atom is 0.472 e. The van der Waals surface area contributed by atoms with Crippen LogP contribution in [0.5, 0.6) is 0 Å². The molecule has 0 aliphatic rings. The van der Waals surface area contributed by atoms with Crippen LogP contribution in [-0.4, -0.2) is 96.7 Å². The summed E-state index contributed by atoms with van der Waals surface area (Å²) in [6.45, 7) is 7.15. The first-order valence-electron chi connectivity index (χ1n) is 34.7. The Morgan fingerprint density at radius 1 is 0.329 bits per heavy atom. The van der Waals surface area contributed by atoms with Gasteiger partial charge in [-0.2, -0.15) is 0 Å². The summed E-state index contributed by atoms with van der Waals surface area (Å²) in [5.74, 6) is -1.41. The third-order valence-electron chi connectivity index (χ3n) is 15.6. The van der Waals surface area contributed by atoms with Gasteiger partial charge in [-0.1, -0.05) is 285 Å². The smallest absolute Gasteiger partial charge is 0.462 e. The van der Waals surface area contributed by atoms with Gasteiger partial charge in [0.05, 0.1) is 26.4 Å². The number of aliphatic hydroxyl groups is 1. The summed E-state index contributed by atoms with van der Waals surface area (Å²) in [5.41, 5.74) is 0. The third-order valence-corrected chi connectivity index (χ3v) is 17.5. The van der Waals surface area contributed by atoms with Gasteiger partial charge in [-0.05, 0) is 31.6 Å². The Bertz CT molecular complexity index is 1650. The highest BCUT2D eigenvalue weighted by atomic mass is 31.2. The molecule has 85 heavy (non-hydrogen) atoms. The van der Waals surface area contributed by atoms with Gasteiger partial charge in [0, 0.05) is 25.7 Å². The van der Waals surface area contributed by atoms with E-state index in [9.17, 15) is 43.2 Å². The predicted molar refractivity (Wildman–Crippen MR) is 340 cm³/mol. The molecule has 0 aliphatic carbocycles. The van der Waals surface area contributed by atoms with E-state index in [0.717, 1.165) is 95.8 Å². The van der Waals surface area contributed by atoms with Crippen molar-refractivity contribution in [1.29, 1.82) is 0 Å². The minimum absolute atomic E-state index is 0.103. The molecule has 0 saturated heterocycles. The van der Waals surface area contributed by atoms with Gasteiger partial charge in [0.1, 0.15) is 19.3 Å². The molecule has 0 amide bonds. The van der Waals surface area contributed by atoms with Crippen molar-refractivity contribution in [2.45, 2.75) is 355 Å². The number of hydrogen-bond acceptors (Lipinski definition) is 15. The molecule has 0 heterocycles. The molecule has 17 nitrogen and oxygen atoms in total. The fraction of sp³-hybridized carbons (Fsp3) is 0.939. The van der Waals surface area contributed by atoms with E-state index < -0.39 is 97.5 Å². The number of unbranched alkanes of at least 4 members (excludes halogenated alkanes) is 37. The highest BCUT2D eigenvalue weighted by molar-refractivity contribution is 7.47. The van der Waals surface area contributed by atoms with E-state index in [2.05, 4.69) is 34.6 Å². The lowest BCUT2D eigenvalue weighted by molar-refractivity contribution is -0.161. The number of rotatable bonds is 66. The normalized spacial score (nSPS) is 14.5. The summed E-state index contributed by atoms with van der Waals surface area (Å²) >= 11 is 0.